The molecule has 3 N–H and O–H groups in total. The van der Waals surface area contributed by atoms with Crippen molar-refractivity contribution in [3.05, 3.63) is 82.7 Å². The molecule has 10 heteroatoms. The highest BCUT2D eigenvalue weighted by Crippen LogP contribution is 2.48. The molecule has 2 aliphatic rings. The molecule has 2 fully saturated rings. The maximum absolute atomic E-state index is 16.2. The van der Waals surface area contributed by atoms with Crippen LogP contribution < -0.4 is 10.6 Å². The van der Waals surface area contributed by atoms with Crippen molar-refractivity contribution in [1.29, 1.82) is 0 Å². The van der Waals surface area contributed by atoms with Crippen LogP contribution >= 0.6 is 11.3 Å². The van der Waals surface area contributed by atoms with E-state index in [1.807, 2.05) is 31.4 Å². The lowest BCUT2D eigenvalue weighted by Crippen LogP contribution is -2.55. The summed E-state index contributed by atoms with van der Waals surface area (Å²) < 4.78 is 16.2. The number of halogens is 1. The molecule has 2 aromatic heterocycles. The van der Waals surface area contributed by atoms with Crippen LogP contribution in [0.1, 0.15) is 55.7 Å². The van der Waals surface area contributed by atoms with Crippen LogP contribution in [-0.2, 0) is 21.7 Å². The van der Waals surface area contributed by atoms with Gasteiger partial charge in [0, 0.05) is 65.9 Å². The van der Waals surface area contributed by atoms with Gasteiger partial charge in [-0.25, -0.2) is 9.37 Å². The zero-order valence-electron chi connectivity index (χ0n) is 23.0. The van der Waals surface area contributed by atoms with E-state index in [1.165, 1.54) is 0 Å². The van der Waals surface area contributed by atoms with Gasteiger partial charge in [0.25, 0.3) is 0 Å². The molecular weight excluding hydrogens is 541 g/mol. The fourth-order valence-corrected chi connectivity index (χ4v) is 6.67. The van der Waals surface area contributed by atoms with E-state index in [0.717, 1.165) is 22.9 Å². The van der Waals surface area contributed by atoms with E-state index in [0.29, 0.717) is 37.0 Å². The zero-order valence-corrected chi connectivity index (χ0v) is 23.8. The number of benzene rings is 2. The van der Waals surface area contributed by atoms with Crippen LogP contribution in [0.25, 0.3) is 10.9 Å². The molecule has 2 aliphatic heterocycles. The van der Waals surface area contributed by atoms with Gasteiger partial charge >= 0.3 is 0 Å². The van der Waals surface area contributed by atoms with E-state index in [2.05, 4.69) is 37.6 Å². The van der Waals surface area contributed by atoms with E-state index in [-0.39, 0.29) is 23.3 Å². The summed E-state index contributed by atoms with van der Waals surface area (Å²) in [5.74, 6) is -1.77. The third kappa shape index (κ3) is 5.23. The summed E-state index contributed by atoms with van der Waals surface area (Å²) in [5, 5.41) is 20.7. The fraction of sp³-hybridized carbons (Fsp3) is 0.355. The highest BCUT2D eigenvalue weighted by molar-refractivity contribution is 7.13. The minimum atomic E-state index is -1.39. The van der Waals surface area contributed by atoms with Crippen LogP contribution in [-0.4, -0.2) is 44.9 Å². The standard InChI is InChI=1S/C31H32FN5O3S/c1-30(2)18-37(17-19-3-5-21(6-4-19)35-29-33-12-14-41-29)13-11-31(30,40)24-8-9-25-23(27(24)32)15-20(16-34-25)22-7-10-26(38)36-28(22)39/h3-6,8-9,12,14-16,22,40H,7,10-11,13,17-18H2,1-2H3,(H,33,35)(H,36,38,39)/t22?,31-/m0/s1. The quantitative estimate of drug-likeness (QED) is 0.272. The normalized spacial score (nSPS) is 23.0. The molecule has 212 valence electrons. The number of imide groups is 1. The highest BCUT2D eigenvalue weighted by atomic mass is 32.1. The predicted octanol–water partition coefficient (Wildman–Crippen LogP) is 5.21. The Morgan fingerprint density at radius 1 is 1.17 bits per heavy atom. The first-order valence-corrected chi connectivity index (χ1v) is 14.6. The van der Waals surface area contributed by atoms with Gasteiger partial charge in [-0.15, -0.1) is 11.3 Å². The number of carbonyl (C=O) groups excluding carboxylic acids is 2. The summed E-state index contributed by atoms with van der Waals surface area (Å²) in [5.41, 5.74) is 1.34. The number of piperidine rings is 2. The molecule has 0 aliphatic carbocycles. The van der Waals surface area contributed by atoms with Crippen LogP contribution in [0.4, 0.5) is 15.2 Å². The van der Waals surface area contributed by atoms with Gasteiger partial charge in [-0.05, 0) is 48.2 Å². The number of hydrogen-bond acceptors (Lipinski definition) is 8. The number of anilines is 2. The molecule has 2 aromatic carbocycles. The summed E-state index contributed by atoms with van der Waals surface area (Å²) in [6.07, 6.45) is 4.29. The first kappa shape index (κ1) is 27.4. The molecular formula is C31H32FN5O3S. The molecule has 0 spiro atoms. The number of fused-ring (bicyclic) bond motifs is 1. The average Bonchev–Trinajstić information content (AvgIpc) is 3.45. The van der Waals surface area contributed by atoms with Gasteiger partial charge in [-0.1, -0.05) is 32.0 Å². The van der Waals surface area contributed by atoms with Crippen LogP contribution in [0.3, 0.4) is 0 Å². The Bertz CT molecular complexity index is 1610. The molecule has 0 bridgehead atoms. The maximum Gasteiger partial charge on any atom is 0.234 e. The number of rotatable bonds is 6. The third-order valence-corrected chi connectivity index (χ3v) is 9.17. The number of nitrogens with zero attached hydrogens (tertiary/aromatic N) is 3. The van der Waals surface area contributed by atoms with E-state index < -0.39 is 28.7 Å². The van der Waals surface area contributed by atoms with E-state index in [4.69, 9.17) is 0 Å². The lowest BCUT2D eigenvalue weighted by Gasteiger charge is -2.50. The van der Waals surface area contributed by atoms with Crippen molar-refractivity contribution in [1.82, 2.24) is 20.2 Å². The summed E-state index contributed by atoms with van der Waals surface area (Å²) >= 11 is 1.55. The number of carbonyl (C=O) groups is 2. The summed E-state index contributed by atoms with van der Waals surface area (Å²) in [6.45, 7) is 5.85. The minimum absolute atomic E-state index is 0.231. The van der Waals surface area contributed by atoms with Gasteiger partial charge in [-0.3, -0.25) is 24.8 Å². The Balaban J connectivity index is 1.21. The Hall–Kier alpha value is -3.73. The molecule has 4 aromatic rings. The largest absolute Gasteiger partial charge is 0.384 e. The number of hydrogen-bond donors (Lipinski definition) is 3. The Kier molecular flexibility index (Phi) is 7.09. The maximum atomic E-state index is 16.2. The average molecular weight is 574 g/mol. The second-order valence-electron chi connectivity index (χ2n) is 11.6. The van der Waals surface area contributed by atoms with E-state index in [9.17, 15) is 14.7 Å². The fourth-order valence-electron chi connectivity index (χ4n) is 6.12. The number of aromatic nitrogens is 2. The number of likely N-dealkylation sites (tertiary alicyclic amines) is 1. The van der Waals surface area contributed by atoms with Gasteiger partial charge in [0.2, 0.25) is 11.8 Å². The summed E-state index contributed by atoms with van der Waals surface area (Å²) in [6, 6.07) is 13.2. The second-order valence-corrected chi connectivity index (χ2v) is 12.5. The van der Waals surface area contributed by atoms with Crippen molar-refractivity contribution in [2.24, 2.45) is 5.41 Å². The van der Waals surface area contributed by atoms with Crippen molar-refractivity contribution in [2.45, 2.75) is 51.2 Å². The lowest BCUT2D eigenvalue weighted by atomic mass is 9.66. The molecule has 2 atom stereocenters. The Labute approximate surface area is 241 Å². The van der Waals surface area contributed by atoms with Crippen LogP contribution in [0.2, 0.25) is 0 Å². The monoisotopic (exact) mass is 573 g/mol. The summed E-state index contributed by atoms with van der Waals surface area (Å²) in [4.78, 5) is 34.9. The molecule has 0 saturated carbocycles. The minimum Gasteiger partial charge on any atom is -0.384 e. The van der Waals surface area contributed by atoms with Gasteiger partial charge in [0.05, 0.1) is 17.0 Å². The smallest absolute Gasteiger partial charge is 0.234 e. The molecule has 4 heterocycles. The molecule has 6 rings (SSSR count). The topological polar surface area (TPSA) is 107 Å². The first-order chi connectivity index (χ1) is 19.6. The predicted molar refractivity (Wildman–Crippen MR) is 156 cm³/mol. The second kappa shape index (κ2) is 10.6. The Morgan fingerprint density at radius 3 is 2.68 bits per heavy atom. The van der Waals surface area contributed by atoms with Gasteiger partial charge in [-0.2, -0.15) is 0 Å². The molecule has 2 amide bonds. The number of aliphatic hydroxyl groups is 1. The van der Waals surface area contributed by atoms with Crippen molar-refractivity contribution in [3.8, 4) is 0 Å². The van der Waals surface area contributed by atoms with Crippen molar-refractivity contribution in [2.75, 3.05) is 18.4 Å². The van der Waals surface area contributed by atoms with Crippen LogP contribution in [0.5, 0.6) is 0 Å². The van der Waals surface area contributed by atoms with Crippen molar-refractivity contribution >= 4 is 44.9 Å². The van der Waals surface area contributed by atoms with E-state index >= 15 is 4.39 Å². The zero-order chi connectivity index (χ0) is 28.8. The number of thiazole rings is 1. The number of nitrogens with one attached hydrogen (secondary N) is 2. The molecule has 41 heavy (non-hydrogen) atoms. The molecule has 8 nitrogen and oxygen atoms in total. The number of pyridine rings is 1. The molecule has 2 saturated heterocycles. The highest BCUT2D eigenvalue weighted by Gasteiger charge is 2.50. The Morgan fingerprint density at radius 2 is 1.98 bits per heavy atom. The van der Waals surface area contributed by atoms with Crippen molar-refractivity contribution < 1.29 is 19.1 Å². The molecule has 0 radical (unpaired) electrons. The van der Waals surface area contributed by atoms with Crippen LogP contribution in [0.15, 0.2) is 60.2 Å². The third-order valence-electron chi connectivity index (χ3n) is 8.48. The van der Waals surface area contributed by atoms with Gasteiger partial charge < -0.3 is 10.4 Å². The van der Waals surface area contributed by atoms with Gasteiger partial charge in [0.15, 0.2) is 5.13 Å². The lowest BCUT2D eigenvalue weighted by molar-refractivity contribution is -0.134. The SMILES string of the molecule is CC1(C)CN(Cc2ccc(Nc3nccs3)cc2)CC[C@]1(O)c1ccc2ncc(C3CCC(=O)NC3=O)cc2c1F. The van der Waals surface area contributed by atoms with Crippen LogP contribution in [0, 0.1) is 11.2 Å². The van der Waals surface area contributed by atoms with Crippen molar-refractivity contribution in [3.63, 3.8) is 0 Å². The van der Waals surface area contributed by atoms with E-state index in [1.54, 1.807) is 41.9 Å². The number of amides is 2. The first-order valence-electron chi connectivity index (χ1n) is 13.8. The van der Waals surface area contributed by atoms with Gasteiger partial charge in [0.1, 0.15) is 5.82 Å². The summed E-state index contributed by atoms with van der Waals surface area (Å²) in [7, 11) is 0. The molecule has 1 unspecified atom stereocenters.